The van der Waals surface area contributed by atoms with Crippen LogP contribution in [0.1, 0.15) is 36.7 Å². The summed E-state index contributed by atoms with van der Waals surface area (Å²) in [5.41, 5.74) is 0.921. The van der Waals surface area contributed by atoms with Gasteiger partial charge in [-0.15, -0.1) is 10.2 Å². The molecule has 6 heteroatoms. The van der Waals surface area contributed by atoms with Crippen molar-refractivity contribution >= 4 is 17.4 Å². The summed E-state index contributed by atoms with van der Waals surface area (Å²) < 4.78 is 5.13. The lowest BCUT2D eigenvalue weighted by molar-refractivity contribution is 0.102. The van der Waals surface area contributed by atoms with E-state index >= 15 is 0 Å². The number of benzene rings is 1. The van der Waals surface area contributed by atoms with Crippen LogP contribution in [-0.2, 0) is 0 Å². The number of aromatic nitrogens is 2. The molecule has 0 saturated carbocycles. The maximum atomic E-state index is 12.1. The predicted octanol–water partition coefficient (Wildman–Crippen LogP) is 3.34. The number of ether oxygens (including phenoxy) is 1. The highest BCUT2D eigenvalue weighted by molar-refractivity contribution is 6.02. The Labute approximate surface area is 136 Å². The molecule has 2 rings (SSSR count). The second kappa shape index (κ2) is 8.73. The van der Waals surface area contributed by atoms with Crippen LogP contribution in [0.2, 0.25) is 0 Å². The molecule has 0 spiro atoms. The number of unbranched alkanes of at least 4 members (excludes halogenated alkanes) is 2. The van der Waals surface area contributed by atoms with Crippen LogP contribution in [0.15, 0.2) is 36.4 Å². The first-order valence-corrected chi connectivity index (χ1v) is 7.76. The van der Waals surface area contributed by atoms with Crippen LogP contribution >= 0.6 is 0 Å². The first kappa shape index (κ1) is 16.7. The van der Waals surface area contributed by atoms with E-state index in [1.54, 1.807) is 31.4 Å². The fraction of sp³-hybridized carbons (Fsp3) is 0.353. The standard InChI is InChI=1S/C17H22N4O2/c1-3-4-5-11-18-16-10-9-15(20-21-16)17(22)19-13-7-6-8-14(12-13)23-2/h6-10,12H,3-5,11H2,1-2H3,(H,18,21)(H,19,22). The quantitative estimate of drug-likeness (QED) is 0.731. The third-order valence-electron chi connectivity index (χ3n) is 3.31. The third-order valence-corrected chi connectivity index (χ3v) is 3.31. The van der Waals surface area contributed by atoms with Gasteiger partial charge < -0.3 is 15.4 Å². The third kappa shape index (κ3) is 5.25. The van der Waals surface area contributed by atoms with Crippen molar-refractivity contribution in [2.45, 2.75) is 26.2 Å². The Morgan fingerprint density at radius 2 is 2.04 bits per heavy atom. The zero-order chi connectivity index (χ0) is 16.5. The molecule has 2 N–H and O–H groups in total. The van der Waals surface area contributed by atoms with Crippen molar-refractivity contribution in [1.82, 2.24) is 10.2 Å². The van der Waals surface area contributed by atoms with Gasteiger partial charge in [-0.25, -0.2) is 0 Å². The summed E-state index contributed by atoms with van der Waals surface area (Å²) in [6.45, 7) is 3.02. The number of amides is 1. The van der Waals surface area contributed by atoms with Crippen LogP contribution in [0, 0.1) is 0 Å². The fourth-order valence-corrected chi connectivity index (χ4v) is 2.04. The molecule has 0 bridgehead atoms. The minimum Gasteiger partial charge on any atom is -0.497 e. The van der Waals surface area contributed by atoms with E-state index < -0.39 is 0 Å². The first-order valence-electron chi connectivity index (χ1n) is 7.76. The van der Waals surface area contributed by atoms with E-state index in [1.165, 1.54) is 12.8 Å². The van der Waals surface area contributed by atoms with Gasteiger partial charge in [-0.3, -0.25) is 4.79 Å². The molecule has 0 aliphatic carbocycles. The van der Waals surface area contributed by atoms with Gasteiger partial charge in [0.1, 0.15) is 11.6 Å². The number of carbonyl (C=O) groups excluding carboxylic acids is 1. The minimum absolute atomic E-state index is 0.270. The lowest BCUT2D eigenvalue weighted by Crippen LogP contribution is -2.15. The van der Waals surface area contributed by atoms with Crippen LogP contribution in [-0.4, -0.2) is 29.8 Å². The van der Waals surface area contributed by atoms with Crippen molar-refractivity contribution in [3.63, 3.8) is 0 Å². The van der Waals surface area contributed by atoms with Crippen LogP contribution < -0.4 is 15.4 Å². The van der Waals surface area contributed by atoms with Gasteiger partial charge in [0.25, 0.3) is 5.91 Å². The molecule has 0 saturated heterocycles. The number of hydrogen-bond acceptors (Lipinski definition) is 5. The monoisotopic (exact) mass is 314 g/mol. The number of hydrogen-bond donors (Lipinski definition) is 2. The highest BCUT2D eigenvalue weighted by atomic mass is 16.5. The van der Waals surface area contributed by atoms with E-state index in [4.69, 9.17) is 4.74 Å². The van der Waals surface area contributed by atoms with Crippen LogP contribution in [0.3, 0.4) is 0 Å². The SMILES string of the molecule is CCCCCNc1ccc(C(=O)Nc2cccc(OC)c2)nn1. The lowest BCUT2D eigenvalue weighted by atomic mass is 10.2. The zero-order valence-electron chi connectivity index (χ0n) is 13.5. The molecule has 1 amide bonds. The summed E-state index contributed by atoms with van der Waals surface area (Å²) in [6, 6.07) is 10.6. The molecule has 122 valence electrons. The Balaban J connectivity index is 1.91. The summed E-state index contributed by atoms with van der Waals surface area (Å²) in [7, 11) is 1.58. The van der Waals surface area contributed by atoms with Gasteiger partial charge >= 0.3 is 0 Å². The Morgan fingerprint density at radius 1 is 1.17 bits per heavy atom. The van der Waals surface area contributed by atoms with E-state index in [1.807, 2.05) is 12.1 Å². The minimum atomic E-state index is -0.303. The number of nitrogens with zero attached hydrogens (tertiary/aromatic N) is 2. The number of anilines is 2. The number of methoxy groups -OCH3 is 1. The van der Waals surface area contributed by atoms with Crippen LogP contribution in [0.4, 0.5) is 11.5 Å². The molecule has 1 aromatic heterocycles. The number of carbonyl (C=O) groups is 1. The molecule has 0 fully saturated rings. The molecule has 6 nitrogen and oxygen atoms in total. The van der Waals surface area contributed by atoms with Gasteiger partial charge in [-0.2, -0.15) is 0 Å². The average Bonchev–Trinajstić information content (AvgIpc) is 2.59. The van der Waals surface area contributed by atoms with Crippen molar-refractivity contribution < 1.29 is 9.53 Å². The highest BCUT2D eigenvalue weighted by Crippen LogP contribution is 2.17. The molecule has 1 heterocycles. The maximum Gasteiger partial charge on any atom is 0.276 e. The van der Waals surface area contributed by atoms with E-state index in [0.717, 1.165) is 13.0 Å². The van der Waals surface area contributed by atoms with Crippen molar-refractivity contribution in [2.24, 2.45) is 0 Å². The number of rotatable bonds is 8. The Bertz CT molecular complexity index is 629. The fourth-order valence-electron chi connectivity index (χ4n) is 2.04. The summed E-state index contributed by atoms with van der Waals surface area (Å²) >= 11 is 0. The van der Waals surface area contributed by atoms with E-state index in [9.17, 15) is 4.79 Å². The molecule has 1 aromatic carbocycles. The van der Waals surface area contributed by atoms with Gasteiger partial charge in [0, 0.05) is 18.3 Å². The Kier molecular flexibility index (Phi) is 6.35. The van der Waals surface area contributed by atoms with Crippen molar-refractivity contribution in [2.75, 3.05) is 24.3 Å². The summed E-state index contributed by atoms with van der Waals surface area (Å²) in [6.07, 6.45) is 3.45. The van der Waals surface area contributed by atoms with Gasteiger partial charge in [-0.1, -0.05) is 25.8 Å². The molecule has 23 heavy (non-hydrogen) atoms. The smallest absolute Gasteiger partial charge is 0.276 e. The number of nitrogens with one attached hydrogen (secondary N) is 2. The molecule has 0 atom stereocenters. The molecule has 2 aromatic rings. The van der Waals surface area contributed by atoms with Crippen molar-refractivity contribution in [3.05, 3.63) is 42.1 Å². The summed E-state index contributed by atoms with van der Waals surface area (Å²) in [5.74, 6) is 1.06. The summed E-state index contributed by atoms with van der Waals surface area (Å²) in [4.78, 5) is 12.1. The highest BCUT2D eigenvalue weighted by Gasteiger charge is 2.09. The first-order chi connectivity index (χ1) is 11.2. The maximum absolute atomic E-state index is 12.1. The zero-order valence-corrected chi connectivity index (χ0v) is 13.5. The Hall–Kier alpha value is -2.63. The molecular weight excluding hydrogens is 292 g/mol. The molecule has 0 aliphatic heterocycles. The second-order valence-electron chi connectivity index (χ2n) is 5.12. The topological polar surface area (TPSA) is 76.1 Å². The normalized spacial score (nSPS) is 10.2. The van der Waals surface area contributed by atoms with E-state index in [0.29, 0.717) is 17.3 Å². The molecule has 0 unspecified atom stereocenters. The van der Waals surface area contributed by atoms with Crippen molar-refractivity contribution in [1.29, 1.82) is 0 Å². The summed E-state index contributed by atoms with van der Waals surface area (Å²) in [5, 5.41) is 13.9. The largest absolute Gasteiger partial charge is 0.497 e. The van der Waals surface area contributed by atoms with Crippen LogP contribution in [0.5, 0.6) is 5.75 Å². The molecular formula is C17H22N4O2. The van der Waals surface area contributed by atoms with E-state index in [2.05, 4.69) is 27.8 Å². The van der Waals surface area contributed by atoms with Gasteiger partial charge in [-0.05, 0) is 30.7 Å². The van der Waals surface area contributed by atoms with Gasteiger partial charge in [0.2, 0.25) is 0 Å². The van der Waals surface area contributed by atoms with E-state index in [-0.39, 0.29) is 11.6 Å². The lowest BCUT2D eigenvalue weighted by Gasteiger charge is -2.07. The average molecular weight is 314 g/mol. The van der Waals surface area contributed by atoms with Gasteiger partial charge in [0.05, 0.1) is 7.11 Å². The molecule has 0 radical (unpaired) electrons. The predicted molar refractivity (Wildman–Crippen MR) is 91.0 cm³/mol. The Morgan fingerprint density at radius 3 is 2.74 bits per heavy atom. The molecule has 0 aliphatic rings. The van der Waals surface area contributed by atoms with Crippen molar-refractivity contribution in [3.8, 4) is 5.75 Å². The second-order valence-corrected chi connectivity index (χ2v) is 5.12. The van der Waals surface area contributed by atoms with Gasteiger partial charge in [0.15, 0.2) is 5.69 Å². The van der Waals surface area contributed by atoms with Crippen LogP contribution in [0.25, 0.3) is 0 Å².